The zero-order valence-electron chi connectivity index (χ0n) is 15.1. The number of urea groups is 1. The van der Waals surface area contributed by atoms with Crippen LogP contribution >= 0.6 is 0 Å². The highest BCUT2D eigenvalue weighted by Crippen LogP contribution is 2.34. The number of methoxy groups -OCH3 is 1. The van der Waals surface area contributed by atoms with E-state index >= 15 is 0 Å². The Morgan fingerprint density at radius 2 is 2.00 bits per heavy atom. The van der Waals surface area contributed by atoms with Crippen LogP contribution in [-0.2, 0) is 9.53 Å². The van der Waals surface area contributed by atoms with Crippen molar-refractivity contribution in [3.63, 3.8) is 0 Å². The standard InChI is InChI=1S/C18H24N2O5/c1-6-24-17(21)15-11(4)19-18(22)20-16(15)12-7-8-13(25-10(2)3)14(9-12)23-5/h7-10,16H,6H2,1-5H3,(H2,19,20,22)/t16-/m1/s1. The van der Waals surface area contributed by atoms with Crippen molar-refractivity contribution in [1.29, 1.82) is 0 Å². The van der Waals surface area contributed by atoms with Gasteiger partial charge in [-0.3, -0.25) is 0 Å². The predicted octanol–water partition coefficient (Wildman–Crippen LogP) is 2.67. The molecule has 0 saturated heterocycles. The molecule has 1 aromatic rings. The van der Waals surface area contributed by atoms with Crippen LogP contribution in [0.2, 0.25) is 0 Å². The Labute approximate surface area is 147 Å². The number of hydrogen-bond acceptors (Lipinski definition) is 5. The van der Waals surface area contributed by atoms with Gasteiger partial charge in [0.2, 0.25) is 0 Å². The van der Waals surface area contributed by atoms with Crippen LogP contribution in [0.25, 0.3) is 0 Å². The fourth-order valence-electron chi connectivity index (χ4n) is 2.64. The van der Waals surface area contributed by atoms with Crippen molar-refractivity contribution >= 4 is 12.0 Å². The zero-order chi connectivity index (χ0) is 18.6. The molecule has 0 spiro atoms. The van der Waals surface area contributed by atoms with Crippen molar-refractivity contribution in [3.8, 4) is 11.5 Å². The third kappa shape index (κ3) is 4.23. The van der Waals surface area contributed by atoms with E-state index in [0.717, 1.165) is 0 Å². The maximum absolute atomic E-state index is 12.3. The molecule has 136 valence electrons. The van der Waals surface area contributed by atoms with Crippen molar-refractivity contribution in [2.45, 2.75) is 39.8 Å². The SMILES string of the molecule is CCOC(=O)C1=C(C)NC(=O)N[C@@H]1c1ccc(OC(C)C)c(OC)c1. The van der Waals surface area contributed by atoms with Crippen molar-refractivity contribution in [2.24, 2.45) is 0 Å². The third-order valence-electron chi connectivity index (χ3n) is 3.65. The first-order chi connectivity index (χ1) is 11.9. The van der Waals surface area contributed by atoms with Crippen molar-refractivity contribution in [2.75, 3.05) is 13.7 Å². The fraction of sp³-hybridized carbons (Fsp3) is 0.444. The molecule has 0 saturated carbocycles. The first kappa shape index (κ1) is 18.6. The van der Waals surface area contributed by atoms with E-state index in [1.54, 1.807) is 39.2 Å². The highest BCUT2D eigenvalue weighted by atomic mass is 16.5. The lowest BCUT2D eigenvalue weighted by atomic mass is 9.95. The van der Waals surface area contributed by atoms with Crippen molar-refractivity contribution in [3.05, 3.63) is 35.0 Å². The maximum Gasteiger partial charge on any atom is 0.338 e. The largest absolute Gasteiger partial charge is 0.493 e. The molecule has 2 amide bonds. The lowest BCUT2D eigenvalue weighted by molar-refractivity contribution is -0.139. The Bertz CT molecular complexity index is 697. The molecule has 0 aliphatic carbocycles. The molecule has 7 nitrogen and oxygen atoms in total. The minimum Gasteiger partial charge on any atom is -0.493 e. The lowest BCUT2D eigenvalue weighted by Gasteiger charge is -2.28. The number of allylic oxidation sites excluding steroid dienone is 1. The van der Waals surface area contributed by atoms with Crippen LogP contribution in [0.5, 0.6) is 11.5 Å². The summed E-state index contributed by atoms with van der Waals surface area (Å²) in [7, 11) is 1.54. The minimum absolute atomic E-state index is 0.00411. The number of nitrogens with one attached hydrogen (secondary N) is 2. The van der Waals surface area contributed by atoms with Crippen molar-refractivity contribution in [1.82, 2.24) is 10.6 Å². The summed E-state index contributed by atoms with van der Waals surface area (Å²) in [6.07, 6.45) is -0.00411. The number of ether oxygens (including phenoxy) is 3. The van der Waals surface area contributed by atoms with E-state index in [0.29, 0.717) is 28.3 Å². The van der Waals surface area contributed by atoms with Gasteiger partial charge < -0.3 is 24.8 Å². The zero-order valence-corrected chi connectivity index (χ0v) is 15.1. The Balaban J connectivity index is 2.44. The van der Waals surface area contributed by atoms with Gasteiger partial charge in [-0.1, -0.05) is 6.07 Å². The summed E-state index contributed by atoms with van der Waals surface area (Å²) < 4.78 is 16.2. The van der Waals surface area contributed by atoms with E-state index in [1.165, 1.54) is 0 Å². The van der Waals surface area contributed by atoms with Crippen LogP contribution in [0.15, 0.2) is 29.5 Å². The van der Waals surface area contributed by atoms with Gasteiger partial charge in [0, 0.05) is 5.70 Å². The first-order valence-electron chi connectivity index (χ1n) is 8.17. The van der Waals surface area contributed by atoms with Crippen LogP contribution in [0, 0.1) is 0 Å². The Morgan fingerprint density at radius 3 is 2.60 bits per heavy atom. The molecule has 1 aromatic carbocycles. The molecule has 0 radical (unpaired) electrons. The van der Waals surface area contributed by atoms with E-state index in [-0.39, 0.29) is 18.7 Å². The van der Waals surface area contributed by atoms with Crippen LogP contribution in [0.4, 0.5) is 4.79 Å². The minimum atomic E-state index is -0.630. The second-order valence-corrected chi connectivity index (χ2v) is 5.87. The molecule has 25 heavy (non-hydrogen) atoms. The molecule has 2 N–H and O–H groups in total. The Hall–Kier alpha value is -2.70. The normalized spacial score (nSPS) is 17.0. The van der Waals surface area contributed by atoms with E-state index in [2.05, 4.69) is 10.6 Å². The summed E-state index contributed by atoms with van der Waals surface area (Å²) in [6, 6.07) is 4.30. The molecule has 1 aliphatic rings. The molecule has 7 heteroatoms. The van der Waals surface area contributed by atoms with Crippen molar-refractivity contribution < 1.29 is 23.8 Å². The molecule has 0 fully saturated rings. The first-order valence-corrected chi connectivity index (χ1v) is 8.17. The summed E-state index contributed by atoms with van der Waals surface area (Å²) in [5, 5.41) is 5.37. The number of benzene rings is 1. The lowest BCUT2D eigenvalue weighted by Crippen LogP contribution is -2.45. The van der Waals surface area contributed by atoms with Crippen LogP contribution in [0.3, 0.4) is 0 Å². The average Bonchev–Trinajstić information content (AvgIpc) is 2.54. The van der Waals surface area contributed by atoms with E-state index in [1.807, 2.05) is 13.8 Å². The second-order valence-electron chi connectivity index (χ2n) is 5.87. The van der Waals surface area contributed by atoms with E-state index < -0.39 is 12.0 Å². The molecule has 0 aromatic heterocycles. The summed E-state index contributed by atoms with van der Waals surface area (Å²) >= 11 is 0. The summed E-state index contributed by atoms with van der Waals surface area (Å²) in [6.45, 7) is 7.50. The number of carbonyl (C=O) groups is 2. The number of hydrogen-bond donors (Lipinski definition) is 2. The number of esters is 1. The van der Waals surface area contributed by atoms with Crippen LogP contribution in [-0.4, -0.2) is 31.8 Å². The summed E-state index contributed by atoms with van der Waals surface area (Å²) in [4.78, 5) is 24.2. The molecule has 2 rings (SSSR count). The highest BCUT2D eigenvalue weighted by Gasteiger charge is 2.32. The molecule has 1 aliphatic heterocycles. The molecule has 1 heterocycles. The van der Waals surface area contributed by atoms with Gasteiger partial charge in [-0.2, -0.15) is 0 Å². The quantitative estimate of drug-likeness (QED) is 0.772. The van der Waals surface area contributed by atoms with E-state index in [4.69, 9.17) is 14.2 Å². The smallest absolute Gasteiger partial charge is 0.338 e. The number of amides is 2. The highest BCUT2D eigenvalue weighted by molar-refractivity contribution is 5.95. The average molecular weight is 348 g/mol. The number of carbonyl (C=O) groups excluding carboxylic acids is 2. The molecular formula is C18H24N2O5. The molecule has 1 atom stereocenters. The van der Waals surface area contributed by atoms with Gasteiger partial charge in [-0.05, 0) is 45.4 Å². The number of rotatable bonds is 6. The summed E-state index contributed by atoms with van der Waals surface area (Å²) in [5.41, 5.74) is 1.53. The monoisotopic (exact) mass is 348 g/mol. The van der Waals surface area contributed by atoms with Gasteiger partial charge in [0.15, 0.2) is 11.5 Å². The van der Waals surface area contributed by atoms with Gasteiger partial charge in [-0.25, -0.2) is 9.59 Å². The third-order valence-corrected chi connectivity index (χ3v) is 3.65. The fourth-order valence-corrected chi connectivity index (χ4v) is 2.64. The van der Waals surface area contributed by atoms with Gasteiger partial charge in [0.05, 0.1) is 31.4 Å². The Kier molecular flexibility index (Phi) is 5.90. The predicted molar refractivity (Wildman–Crippen MR) is 92.5 cm³/mol. The topological polar surface area (TPSA) is 85.9 Å². The second kappa shape index (κ2) is 7.92. The van der Waals surface area contributed by atoms with Gasteiger partial charge in [0.25, 0.3) is 0 Å². The van der Waals surface area contributed by atoms with Crippen LogP contribution in [0.1, 0.15) is 39.3 Å². The van der Waals surface area contributed by atoms with Crippen LogP contribution < -0.4 is 20.1 Å². The van der Waals surface area contributed by atoms with E-state index in [9.17, 15) is 9.59 Å². The van der Waals surface area contributed by atoms with Gasteiger partial charge in [0.1, 0.15) is 0 Å². The Morgan fingerprint density at radius 1 is 1.28 bits per heavy atom. The maximum atomic E-state index is 12.3. The van der Waals surface area contributed by atoms with Gasteiger partial charge >= 0.3 is 12.0 Å². The van der Waals surface area contributed by atoms with Gasteiger partial charge in [-0.15, -0.1) is 0 Å². The summed E-state index contributed by atoms with van der Waals surface area (Å²) in [5.74, 6) is 0.652. The molecule has 0 unspecified atom stereocenters. The molecule has 0 bridgehead atoms. The molecular weight excluding hydrogens is 324 g/mol.